The van der Waals surface area contributed by atoms with Crippen molar-refractivity contribution in [3.05, 3.63) is 59.4 Å². The van der Waals surface area contributed by atoms with E-state index in [9.17, 15) is 14.0 Å². The van der Waals surface area contributed by atoms with Gasteiger partial charge >= 0.3 is 0 Å². The highest BCUT2D eigenvalue weighted by molar-refractivity contribution is 6.04. The lowest BCUT2D eigenvalue weighted by molar-refractivity contribution is -0.137. The van der Waals surface area contributed by atoms with Crippen LogP contribution in [0.1, 0.15) is 29.3 Å². The molecule has 0 saturated carbocycles. The van der Waals surface area contributed by atoms with E-state index in [2.05, 4.69) is 5.32 Å². The molecule has 2 aromatic carbocycles. The first-order valence-corrected chi connectivity index (χ1v) is 9.12. The van der Waals surface area contributed by atoms with Gasteiger partial charge in [0.15, 0.2) is 6.10 Å². The van der Waals surface area contributed by atoms with E-state index < -0.39 is 17.8 Å². The van der Waals surface area contributed by atoms with Crippen LogP contribution in [0.2, 0.25) is 0 Å². The Kier molecular flexibility index (Phi) is 6.26. The third-order valence-corrected chi connectivity index (χ3v) is 4.51. The van der Waals surface area contributed by atoms with Gasteiger partial charge in [-0.05, 0) is 49.7 Å². The van der Waals surface area contributed by atoms with Crippen LogP contribution < -0.4 is 10.1 Å². The summed E-state index contributed by atoms with van der Waals surface area (Å²) in [7, 11) is 1.62. The Hall–Kier alpha value is -2.93. The van der Waals surface area contributed by atoms with Crippen LogP contribution in [0.5, 0.6) is 5.75 Å². The zero-order valence-electron chi connectivity index (χ0n) is 15.9. The molecule has 1 unspecified atom stereocenters. The fraction of sp³-hybridized carbons (Fsp3) is 0.333. The quantitative estimate of drug-likeness (QED) is 0.774. The predicted octanol–water partition coefficient (Wildman–Crippen LogP) is 3.22. The van der Waals surface area contributed by atoms with Crippen molar-refractivity contribution in [1.82, 2.24) is 4.90 Å². The number of rotatable bonds is 6. The van der Waals surface area contributed by atoms with Gasteiger partial charge in [0.2, 0.25) is 0 Å². The van der Waals surface area contributed by atoms with Crippen LogP contribution >= 0.6 is 0 Å². The smallest absolute Gasteiger partial charge is 0.263 e. The van der Waals surface area contributed by atoms with Gasteiger partial charge in [-0.3, -0.25) is 9.59 Å². The van der Waals surface area contributed by atoms with Crippen LogP contribution in [0.25, 0.3) is 0 Å². The Morgan fingerprint density at radius 1 is 1.32 bits per heavy atom. The molecule has 7 heteroatoms. The number of fused-ring (bicyclic) bond motifs is 1. The van der Waals surface area contributed by atoms with Crippen molar-refractivity contribution < 1.29 is 23.5 Å². The number of carbonyl (C=O) groups is 2. The first-order valence-electron chi connectivity index (χ1n) is 9.12. The zero-order valence-corrected chi connectivity index (χ0v) is 15.9. The highest BCUT2D eigenvalue weighted by Gasteiger charge is 2.27. The minimum absolute atomic E-state index is 0.0855. The summed E-state index contributed by atoms with van der Waals surface area (Å²) >= 11 is 0. The first-order chi connectivity index (χ1) is 13.5. The van der Waals surface area contributed by atoms with Gasteiger partial charge in [-0.15, -0.1) is 0 Å². The lowest BCUT2D eigenvalue weighted by Gasteiger charge is -2.22. The number of methoxy groups -OCH3 is 1. The van der Waals surface area contributed by atoms with E-state index in [0.29, 0.717) is 31.1 Å². The van der Waals surface area contributed by atoms with Crippen molar-refractivity contribution in [2.75, 3.05) is 25.6 Å². The van der Waals surface area contributed by atoms with Gasteiger partial charge in [0, 0.05) is 43.6 Å². The maximum absolute atomic E-state index is 13.3. The highest BCUT2D eigenvalue weighted by Crippen LogP contribution is 2.29. The predicted molar refractivity (Wildman–Crippen MR) is 103 cm³/mol. The van der Waals surface area contributed by atoms with Crippen LogP contribution in [0.4, 0.5) is 10.1 Å². The summed E-state index contributed by atoms with van der Waals surface area (Å²) in [5, 5.41) is 2.76. The van der Waals surface area contributed by atoms with Gasteiger partial charge in [0.1, 0.15) is 11.6 Å². The molecule has 2 amide bonds. The summed E-state index contributed by atoms with van der Waals surface area (Å²) < 4.78 is 24.2. The molecule has 1 atom stereocenters. The second-order valence-electron chi connectivity index (χ2n) is 6.65. The second-order valence-corrected chi connectivity index (χ2v) is 6.65. The van der Waals surface area contributed by atoms with E-state index in [1.54, 1.807) is 43.2 Å². The third kappa shape index (κ3) is 4.67. The topological polar surface area (TPSA) is 67.9 Å². The van der Waals surface area contributed by atoms with Crippen molar-refractivity contribution in [1.29, 1.82) is 0 Å². The normalized spacial score (nSPS) is 16.2. The summed E-state index contributed by atoms with van der Waals surface area (Å²) in [4.78, 5) is 26.6. The molecule has 0 aliphatic carbocycles. The molecule has 3 rings (SSSR count). The van der Waals surface area contributed by atoms with Crippen LogP contribution in [0, 0.1) is 5.82 Å². The molecule has 0 bridgehead atoms. The van der Waals surface area contributed by atoms with E-state index in [4.69, 9.17) is 9.47 Å². The van der Waals surface area contributed by atoms with Crippen molar-refractivity contribution >= 4 is 17.5 Å². The van der Waals surface area contributed by atoms with Crippen molar-refractivity contribution in [2.45, 2.75) is 26.0 Å². The van der Waals surface area contributed by atoms with Crippen LogP contribution in [-0.4, -0.2) is 43.1 Å². The number of hydrogen-bond acceptors (Lipinski definition) is 4. The summed E-state index contributed by atoms with van der Waals surface area (Å²) in [5.74, 6) is -0.353. The molecule has 0 fully saturated rings. The van der Waals surface area contributed by atoms with Crippen molar-refractivity contribution in [3.8, 4) is 5.75 Å². The van der Waals surface area contributed by atoms with Crippen molar-refractivity contribution in [3.63, 3.8) is 0 Å². The van der Waals surface area contributed by atoms with Gasteiger partial charge in [-0.25, -0.2) is 4.39 Å². The summed E-state index contributed by atoms with van der Waals surface area (Å²) in [6.45, 7) is 3.22. The molecule has 1 aliphatic heterocycles. The summed E-state index contributed by atoms with van der Waals surface area (Å²) in [6, 6.07) is 10.7. The standard InChI is InChI=1S/C21H23FN2O4/c1-14-21(26)24(9-4-10-27-2)13-16-12-18(7-8-19(16)28-14)23-20(25)15-5-3-6-17(22)11-15/h3,5-8,11-12,14H,4,9-10,13H2,1-2H3,(H,23,25). The van der Waals surface area contributed by atoms with Gasteiger partial charge in [-0.1, -0.05) is 6.07 Å². The molecule has 0 saturated heterocycles. The average Bonchev–Trinajstić information content (AvgIpc) is 2.79. The van der Waals surface area contributed by atoms with E-state index in [1.807, 2.05) is 0 Å². The first kappa shape index (κ1) is 19.8. The van der Waals surface area contributed by atoms with Gasteiger partial charge < -0.3 is 19.7 Å². The number of amides is 2. The molecule has 0 radical (unpaired) electrons. The third-order valence-electron chi connectivity index (χ3n) is 4.51. The molecule has 6 nitrogen and oxygen atoms in total. The lowest BCUT2D eigenvalue weighted by Crippen LogP contribution is -2.38. The number of halogens is 1. The van der Waals surface area contributed by atoms with Crippen LogP contribution in [0.15, 0.2) is 42.5 Å². The molecule has 1 N–H and O–H groups in total. The Bertz CT molecular complexity index is 871. The van der Waals surface area contributed by atoms with Gasteiger partial charge in [-0.2, -0.15) is 0 Å². The van der Waals surface area contributed by atoms with Gasteiger partial charge in [0.05, 0.1) is 0 Å². The minimum Gasteiger partial charge on any atom is -0.481 e. The molecule has 148 valence electrons. The maximum Gasteiger partial charge on any atom is 0.263 e. The van der Waals surface area contributed by atoms with Crippen molar-refractivity contribution in [2.24, 2.45) is 0 Å². The molecular formula is C21H23FN2O4. The molecule has 1 aliphatic rings. The molecular weight excluding hydrogens is 363 g/mol. The SMILES string of the molecule is COCCCN1Cc2cc(NC(=O)c3cccc(F)c3)ccc2OC(C)C1=O. The maximum atomic E-state index is 13.3. The number of carbonyl (C=O) groups excluding carboxylic acids is 2. The van der Waals surface area contributed by atoms with E-state index in [0.717, 1.165) is 12.0 Å². The fourth-order valence-electron chi connectivity index (χ4n) is 3.10. The number of hydrogen-bond donors (Lipinski definition) is 1. The largest absolute Gasteiger partial charge is 0.481 e. The molecule has 2 aromatic rings. The van der Waals surface area contributed by atoms with Crippen LogP contribution in [-0.2, 0) is 16.1 Å². The Morgan fingerprint density at radius 3 is 2.89 bits per heavy atom. The van der Waals surface area contributed by atoms with E-state index in [-0.39, 0.29) is 11.5 Å². The zero-order chi connectivity index (χ0) is 20.1. The average molecular weight is 386 g/mol. The Balaban J connectivity index is 1.78. The summed E-state index contributed by atoms with van der Waals surface area (Å²) in [5.41, 5.74) is 1.58. The number of ether oxygens (including phenoxy) is 2. The lowest BCUT2D eigenvalue weighted by atomic mass is 10.1. The number of anilines is 1. The van der Waals surface area contributed by atoms with E-state index in [1.165, 1.54) is 18.2 Å². The fourth-order valence-corrected chi connectivity index (χ4v) is 3.10. The van der Waals surface area contributed by atoms with Crippen LogP contribution in [0.3, 0.4) is 0 Å². The summed E-state index contributed by atoms with van der Waals surface area (Å²) in [6.07, 6.45) is 0.136. The minimum atomic E-state index is -0.587. The monoisotopic (exact) mass is 386 g/mol. The Morgan fingerprint density at radius 2 is 2.14 bits per heavy atom. The number of benzene rings is 2. The van der Waals surface area contributed by atoms with Gasteiger partial charge in [0.25, 0.3) is 11.8 Å². The molecule has 28 heavy (non-hydrogen) atoms. The molecule has 0 aromatic heterocycles. The number of nitrogens with zero attached hydrogens (tertiary/aromatic N) is 1. The molecule has 1 heterocycles. The van der Waals surface area contributed by atoms with E-state index >= 15 is 0 Å². The highest BCUT2D eigenvalue weighted by atomic mass is 19.1. The second kappa shape index (κ2) is 8.84. The Labute approximate surface area is 163 Å². The number of nitrogens with one attached hydrogen (secondary N) is 1. The molecule has 0 spiro atoms.